The van der Waals surface area contributed by atoms with Crippen LogP contribution in [0.15, 0.2) is 29.1 Å². The first kappa shape index (κ1) is 15.6. The summed E-state index contributed by atoms with van der Waals surface area (Å²) in [6.07, 6.45) is 2.96. The van der Waals surface area contributed by atoms with Crippen LogP contribution >= 0.6 is 0 Å². The fraction of sp³-hybridized carbons (Fsp3) is 0.500. The van der Waals surface area contributed by atoms with Gasteiger partial charge in [-0.15, -0.1) is 0 Å². The van der Waals surface area contributed by atoms with Crippen molar-refractivity contribution in [1.29, 1.82) is 0 Å². The molecule has 0 spiro atoms. The van der Waals surface area contributed by atoms with E-state index in [9.17, 15) is 4.79 Å². The van der Waals surface area contributed by atoms with E-state index in [4.69, 9.17) is 0 Å². The Hall–Kier alpha value is -1.77. The number of hydrogen-bond donors (Lipinski definition) is 1. The van der Waals surface area contributed by atoms with Crippen LogP contribution in [0.2, 0.25) is 0 Å². The summed E-state index contributed by atoms with van der Waals surface area (Å²) in [7, 11) is 0. The number of aryl methyl sites for hydroxylation is 1. The van der Waals surface area contributed by atoms with Crippen molar-refractivity contribution in [3.05, 3.63) is 45.7 Å². The second kappa shape index (κ2) is 5.92. The first-order chi connectivity index (χ1) is 9.84. The molecule has 1 N–H and O–H groups in total. The van der Waals surface area contributed by atoms with Crippen LogP contribution in [0.1, 0.15) is 51.7 Å². The van der Waals surface area contributed by atoms with Crippen LogP contribution in [0.25, 0.3) is 11.3 Å². The molecule has 0 radical (unpaired) electrons. The van der Waals surface area contributed by atoms with Gasteiger partial charge >= 0.3 is 0 Å². The van der Waals surface area contributed by atoms with E-state index >= 15 is 0 Å². The normalized spacial score (nSPS) is 11.9. The molecule has 0 amide bonds. The van der Waals surface area contributed by atoms with Gasteiger partial charge in [0.2, 0.25) is 0 Å². The molecule has 0 aliphatic heterocycles. The molecule has 1 heterocycles. The molecule has 0 saturated carbocycles. The highest BCUT2D eigenvalue weighted by atomic mass is 16.1. The van der Waals surface area contributed by atoms with Crippen molar-refractivity contribution in [3.63, 3.8) is 0 Å². The molecule has 21 heavy (non-hydrogen) atoms. The summed E-state index contributed by atoms with van der Waals surface area (Å²) in [6, 6.07) is 8.38. The van der Waals surface area contributed by atoms with E-state index in [1.54, 1.807) is 0 Å². The fourth-order valence-corrected chi connectivity index (χ4v) is 2.65. The predicted molar refractivity (Wildman–Crippen MR) is 88.8 cm³/mol. The molecule has 3 heteroatoms. The maximum absolute atomic E-state index is 12.4. The molecule has 0 unspecified atom stereocenters. The minimum atomic E-state index is -0.150. The molecule has 0 atom stereocenters. The van der Waals surface area contributed by atoms with Crippen molar-refractivity contribution in [2.45, 2.75) is 59.4 Å². The fourth-order valence-electron chi connectivity index (χ4n) is 2.65. The standard InChI is InChI=1S/C18H26N2O/c1-6-7-11-15-16(14-10-8-9-13(2)12-14)20(18(3,4)5)19-17(15)21/h8-10,12H,6-7,11H2,1-5H3,(H,19,21). The van der Waals surface area contributed by atoms with Crippen molar-refractivity contribution >= 4 is 0 Å². The monoisotopic (exact) mass is 286 g/mol. The zero-order valence-electron chi connectivity index (χ0n) is 13.8. The van der Waals surface area contributed by atoms with Gasteiger partial charge in [0, 0.05) is 11.1 Å². The second-order valence-corrected chi connectivity index (χ2v) is 6.75. The van der Waals surface area contributed by atoms with E-state index in [1.165, 1.54) is 5.56 Å². The average molecular weight is 286 g/mol. The van der Waals surface area contributed by atoms with E-state index in [2.05, 4.69) is 64.0 Å². The van der Waals surface area contributed by atoms with Crippen molar-refractivity contribution in [2.75, 3.05) is 0 Å². The number of nitrogens with one attached hydrogen (secondary N) is 1. The van der Waals surface area contributed by atoms with Gasteiger partial charge in [-0.05, 0) is 46.6 Å². The molecule has 0 saturated heterocycles. The Balaban J connectivity index is 2.67. The van der Waals surface area contributed by atoms with Crippen molar-refractivity contribution in [3.8, 4) is 11.3 Å². The molecular formula is C18H26N2O. The van der Waals surface area contributed by atoms with Crippen molar-refractivity contribution < 1.29 is 0 Å². The smallest absolute Gasteiger partial charge is 0.267 e. The Kier molecular flexibility index (Phi) is 4.40. The third kappa shape index (κ3) is 3.29. The number of hydrogen-bond acceptors (Lipinski definition) is 1. The van der Waals surface area contributed by atoms with E-state index in [0.717, 1.165) is 36.1 Å². The Morgan fingerprint density at radius 1 is 1.24 bits per heavy atom. The van der Waals surface area contributed by atoms with Crippen LogP contribution in [0, 0.1) is 6.92 Å². The molecule has 0 fully saturated rings. The lowest BCUT2D eigenvalue weighted by molar-refractivity contribution is 0.358. The summed E-state index contributed by atoms with van der Waals surface area (Å²) >= 11 is 0. The third-order valence-electron chi connectivity index (χ3n) is 3.74. The molecule has 0 bridgehead atoms. The third-order valence-corrected chi connectivity index (χ3v) is 3.74. The first-order valence-electron chi connectivity index (χ1n) is 7.76. The molecule has 2 aromatic rings. The van der Waals surface area contributed by atoms with Crippen molar-refractivity contribution in [1.82, 2.24) is 9.78 Å². The van der Waals surface area contributed by atoms with Crippen LogP contribution in [0.4, 0.5) is 0 Å². The van der Waals surface area contributed by atoms with Gasteiger partial charge in [0.25, 0.3) is 5.56 Å². The minimum absolute atomic E-state index is 0.0508. The lowest BCUT2D eigenvalue weighted by Crippen LogP contribution is -2.25. The molecule has 114 valence electrons. The van der Waals surface area contributed by atoms with Gasteiger partial charge in [0.05, 0.1) is 11.2 Å². The van der Waals surface area contributed by atoms with E-state index in [-0.39, 0.29) is 11.1 Å². The topological polar surface area (TPSA) is 37.8 Å². The van der Waals surface area contributed by atoms with Gasteiger partial charge in [-0.3, -0.25) is 14.6 Å². The van der Waals surface area contributed by atoms with Crippen LogP contribution in [-0.2, 0) is 12.0 Å². The van der Waals surface area contributed by atoms with Gasteiger partial charge < -0.3 is 0 Å². The molecule has 0 aliphatic carbocycles. The maximum Gasteiger partial charge on any atom is 0.267 e. The summed E-state index contributed by atoms with van der Waals surface area (Å²) in [5, 5.41) is 3.04. The largest absolute Gasteiger partial charge is 0.279 e. The lowest BCUT2D eigenvalue weighted by atomic mass is 10.00. The Morgan fingerprint density at radius 3 is 2.52 bits per heavy atom. The summed E-state index contributed by atoms with van der Waals surface area (Å²) in [6.45, 7) is 10.6. The van der Waals surface area contributed by atoms with Gasteiger partial charge in [-0.1, -0.05) is 37.1 Å². The zero-order chi connectivity index (χ0) is 15.6. The highest BCUT2D eigenvalue weighted by Gasteiger charge is 2.23. The number of aromatic nitrogens is 2. The molecular weight excluding hydrogens is 260 g/mol. The Bertz CT molecular complexity index is 671. The Labute approximate surface area is 127 Å². The van der Waals surface area contributed by atoms with E-state index < -0.39 is 0 Å². The summed E-state index contributed by atoms with van der Waals surface area (Å²) in [4.78, 5) is 12.4. The Morgan fingerprint density at radius 2 is 1.95 bits per heavy atom. The number of H-pyrrole nitrogens is 1. The minimum Gasteiger partial charge on any atom is -0.279 e. The molecule has 0 aliphatic rings. The molecule has 1 aromatic carbocycles. The SMILES string of the molecule is CCCCc1c(-c2cccc(C)c2)n(C(C)(C)C)[nH]c1=O. The zero-order valence-corrected chi connectivity index (χ0v) is 13.8. The lowest BCUT2D eigenvalue weighted by Gasteiger charge is -2.24. The van der Waals surface area contributed by atoms with Gasteiger partial charge in [0.15, 0.2) is 0 Å². The quantitative estimate of drug-likeness (QED) is 0.896. The first-order valence-corrected chi connectivity index (χ1v) is 7.76. The van der Waals surface area contributed by atoms with Crippen LogP contribution in [0.3, 0.4) is 0 Å². The summed E-state index contributed by atoms with van der Waals surface area (Å²) in [5.74, 6) is 0. The number of rotatable bonds is 4. The number of nitrogens with zero attached hydrogens (tertiary/aromatic N) is 1. The van der Waals surface area contributed by atoms with Gasteiger partial charge in [0.1, 0.15) is 0 Å². The second-order valence-electron chi connectivity index (χ2n) is 6.75. The van der Waals surface area contributed by atoms with Crippen LogP contribution in [-0.4, -0.2) is 9.78 Å². The number of unbranched alkanes of at least 4 members (excludes halogenated alkanes) is 1. The molecule has 2 rings (SSSR count). The molecule has 3 nitrogen and oxygen atoms in total. The van der Waals surface area contributed by atoms with Gasteiger partial charge in [-0.2, -0.15) is 0 Å². The van der Waals surface area contributed by atoms with E-state index in [0.29, 0.717) is 0 Å². The summed E-state index contributed by atoms with van der Waals surface area (Å²) in [5.41, 5.74) is 4.19. The number of benzene rings is 1. The average Bonchev–Trinajstić information content (AvgIpc) is 2.73. The van der Waals surface area contributed by atoms with E-state index in [1.807, 2.05) is 4.68 Å². The highest BCUT2D eigenvalue weighted by molar-refractivity contribution is 5.64. The van der Waals surface area contributed by atoms with Gasteiger partial charge in [-0.25, -0.2) is 0 Å². The van der Waals surface area contributed by atoms with Crippen LogP contribution < -0.4 is 5.56 Å². The van der Waals surface area contributed by atoms with Crippen LogP contribution in [0.5, 0.6) is 0 Å². The molecule has 1 aromatic heterocycles. The summed E-state index contributed by atoms with van der Waals surface area (Å²) < 4.78 is 2.02. The van der Waals surface area contributed by atoms with Crippen molar-refractivity contribution in [2.24, 2.45) is 0 Å². The number of aromatic amines is 1. The predicted octanol–water partition coefficient (Wildman–Crippen LogP) is 4.25. The maximum atomic E-state index is 12.4. The highest BCUT2D eigenvalue weighted by Crippen LogP contribution is 2.28.